The van der Waals surface area contributed by atoms with E-state index in [0.717, 1.165) is 4.47 Å². The van der Waals surface area contributed by atoms with Gasteiger partial charge in [-0.3, -0.25) is 5.43 Å². The summed E-state index contributed by atoms with van der Waals surface area (Å²) in [4.78, 5) is 0. The van der Waals surface area contributed by atoms with Crippen molar-refractivity contribution in [2.45, 2.75) is 6.29 Å². The Morgan fingerprint density at radius 3 is 2.47 bits per heavy atom. The van der Waals surface area contributed by atoms with Crippen LogP contribution < -0.4 is 5.43 Å². The molecule has 0 aromatic heterocycles. The number of hydrazone groups is 1. The van der Waals surface area contributed by atoms with Crippen LogP contribution in [0.5, 0.6) is 0 Å². The van der Waals surface area contributed by atoms with Crippen LogP contribution in [-0.2, 0) is 9.47 Å². The first-order valence-corrected chi connectivity index (χ1v) is 5.94. The quantitative estimate of drug-likeness (QED) is 0.511. The van der Waals surface area contributed by atoms with Crippen molar-refractivity contribution in [1.82, 2.24) is 0 Å². The van der Waals surface area contributed by atoms with Gasteiger partial charge in [-0.15, -0.1) is 0 Å². The Kier molecular flexibility index (Phi) is 5.97. The lowest BCUT2D eigenvalue weighted by Gasteiger charge is -2.17. The molecule has 0 amide bonds. The van der Waals surface area contributed by atoms with Gasteiger partial charge in [0.1, 0.15) is 12.1 Å². The molecule has 0 spiro atoms. The van der Waals surface area contributed by atoms with Gasteiger partial charge in [0.15, 0.2) is 6.29 Å². The molecule has 19 heavy (non-hydrogen) atoms. The molecule has 98 valence electrons. The number of nitrogens with zero attached hydrogens (tertiary/aromatic N) is 3. The first-order chi connectivity index (χ1) is 9.15. The number of nitriles is 2. The number of anilines is 1. The van der Waals surface area contributed by atoms with Crippen LogP contribution in [0.15, 0.2) is 27.8 Å². The summed E-state index contributed by atoms with van der Waals surface area (Å²) in [7, 11) is 3.02. The van der Waals surface area contributed by atoms with E-state index in [2.05, 4.69) is 26.5 Å². The van der Waals surface area contributed by atoms with Crippen LogP contribution in [0, 0.1) is 22.7 Å². The minimum absolute atomic E-state index is 0.264. The van der Waals surface area contributed by atoms with Crippen LogP contribution in [0.2, 0.25) is 0 Å². The Morgan fingerprint density at radius 1 is 1.32 bits per heavy atom. The molecule has 7 heteroatoms. The maximum atomic E-state index is 8.62. The second-order valence-electron chi connectivity index (χ2n) is 3.33. The first kappa shape index (κ1) is 15.1. The molecule has 1 rings (SSSR count). The number of hydrogen-bond acceptors (Lipinski definition) is 6. The summed E-state index contributed by atoms with van der Waals surface area (Å²) in [5.74, 6) is 0. The fraction of sp³-hybridized carbons (Fsp3) is 0.250. The second kappa shape index (κ2) is 7.49. The molecule has 1 N–H and O–H groups in total. The second-order valence-corrected chi connectivity index (χ2v) is 4.25. The topological polar surface area (TPSA) is 90.4 Å². The van der Waals surface area contributed by atoms with Crippen molar-refractivity contribution in [2.24, 2.45) is 5.10 Å². The molecule has 6 nitrogen and oxygen atoms in total. The van der Waals surface area contributed by atoms with E-state index in [4.69, 9.17) is 20.0 Å². The Morgan fingerprint density at radius 2 is 1.95 bits per heavy atom. The van der Waals surface area contributed by atoms with Crippen LogP contribution in [0.1, 0.15) is 11.9 Å². The Bertz CT molecular complexity index is 540. The van der Waals surface area contributed by atoms with Crippen molar-refractivity contribution >= 4 is 27.3 Å². The lowest BCUT2D eigenvalue weighted by molar-refractivity contribution is -0.105. The van der Waals surface area contributed by atoms with Crippen molar-refractivity contribution in [3.8, 4) is 12.1 Å². The molecule has 0 unspecified atom stereocenters. The van der Waals surface area contributed by atoms with E-state index in [-0.39, 0.29) is 5.71 Å². The first-order valence-electron chi connectivity index (χ1n) is 5.15. The predicted molar refractivity (Wildman–Crippen MR) is 73.2 cm³/mol. The van der Waals surface area contributed by atoms with E-state index in [1.807, 2.05) is 0 Å². The molecule has 0 aliphatic rings. The minimum atomic E-state index is -0.581. The maximum absolute atomic E-state index is 8.62. The Balaban J connectivity index is 3.11. The highest BCUT2D eigenvalue weighted by molar-refractivity contribution is 9.10. The summed E-state index contributed by atoms with van der Waals surface area (Å²) in [5, 5.41) is 20.9. The van der Waals surface area contributed by atoms with E-state index >= 15 is 0 Å². The molecule has 0 aliphatic carbocycles. The molecular formula is C12H11BrN4O2. The van der Waals surface area contributed by atoms with Crippen LogP contribution >= 0.6 is 15.9 Å². The zero-order valence-electron chi connectivity index (χ0n) is 10.3. The van der Waals surface area contributed by atoms with Crippen molar-refractivity contribution in [3.63, 3.8) is 0 Å². The molecule has 0 fully saturated rings. The minimum Gasteiger partial charge on any atom is -0.352 e. The van der Waals surface area contributed by atoms with Gasteiger partial charge in [-0.1, -0.05) is 15.9 Å². The van der Waals surface area contributed by atoms with Crippen molar-refractivity contribution in [2.75, 3.05) is 19.6 Å². The van der Waals surface area contributed by atoms with Crippen molar-refractivity contribution in [3.05, 3.63) is 28.2 Å². The predicted octanol–water partition coefficient (Wildman–Crippen LogP) is 2.56. The largest absolute Gasteiger partial charge is 0.352 e. The van der Waals surface area contributed by atoms with Crippen LogP contribution in [0.3, 0.4) is 0 Å². The third-order valence-electron chi connectivity index (χ3n) is 2.20. The van der Waals surface area contributed by atoms with E-state index in [1.165, 1.54) is 14.2 Å². The van der Waals surface area contributed by atoms with Gasteiger partial charge in [-0.2, -0.15) is 15.6 Å². The number of nitrogens with one attached hydrogen (secondary N) is 1. The summed E-state index contributed by atoms with van der Waals surface area (Å²) < 4.78 is 11.2. The van der Waals surface area contributed by atoms with Crippen LogP contribution in [0.25, 0.3) is 0 Å². The van der Waals surface area contributed by atoms with Gasteiger partial charge < -0.3 is 9.47 Å². The summed E-state index contributed by atoms with van der Waals surface area (Å²) in [6.45, 7) is 0. The van der Waals surface area contributed by atoms with Crippen LogP contribution in [-0.4, -0.2) is 19.9 Å². The van der Waals surface area contributed by atoms with Gasteiger partial charge in [-0.05, 0) is 18.2 Å². The summed E-state index contributed by atoms with van der Waals surface area (Å²) >= 11 is 3.35. The number of methoxy groups -OCH3 is 2. The maximum Gasteiger partial charge on any atom is 0.237 e. The van der Waals surface area contributed by atoms with E-state index in [0.29, 0.717) is 11.3 Å². The van der Waals surface area contributed by atoms with Gasteiger partial charge in [-0.25, -0.2) is 0 Å². The molecule has 0 atom stereocenters. The van der Waals surface area contributed by atoms with Crippen molar-refractivity contribution < 1.29 is 9.47 Å². The molecule has 1 aromatic carbocycles. The smallest absolute Gasteiger partial charge is 0.237 e. The standard InChI is InChI=1S/C12H11BrN4O2/c1-18-12(19-2)10-5-8(13)3-4-11(10)17-16-9(6-14)7-15/h3-5,12,17H,1-2H3. The monoisotopic (exact) mass is 322 g/mol. The van der Waals surface area contributed by atoms with Crippen LogP contribution in [0.4, 0.5) is 5.69 Å². The summed E-state index contributed by atoms with van der Waals surface area (Å²) in [6, 6.07) is 8.66. The zero-order chi connectivity index (χ0) is 14.3. The molecule has 0 aliphatic heterocycles. The average molecular weight is 323 g/mol. The van der Waals surface area contributed by atoms with Gasteiger partial charge in [0.2, 0.25) is 5.71 Å². The average Bonchev–Trinajstić information content (AvgIpc) is 2.43. The molecule has 0 bridgehead atoms. The highest BCUT2D eigenvalue weighted by atomic mass is 79.9. The Hall–Kier alpha value is -1.93. The van der Waals surface area contributed by atoms with Gasteiger partial charge in [0.05, 0.1) is 5.69 Å². The van der Waals surface area contributed by atoms with Gasteiger partial charge in [0.25, 0.3) is 0 Å². The van der Waals surface area contributed by atoms with E-state index in [9.17, 15) is 0 Å². The highest BCUT2D eigenvalue weighted by Crippen LogP contribution is 2.29. The lowest BCUT2D eigenvalue weighted by atomic mass is 10.2. The summed E-state index contributed by atoms with van der Waals surface area (Å²) in [6.07, 6.45) is -0.581. The molecule has 0 radical (unpaired) electrons. The SMILES string of the molecule is COC(OC)c1cc(Br)ccc1NN=C(C#N)C#N. The number of ether oxygens (including phenoxy) is 2. The highest BCUT2D eigenvalue weighted by Gasteiger charge is 2.14. The number of halogens is 1. The third-order valence-corrected chi connectivity index (χ3v) is 2.69. The summed E-state index contributed by atoms with van der Waals surface area (Å²) in [5.41, 5.74) is 3.67. The Labute approximate surface area is 119 Å². The number of hydrogen-bond donors (Lipinski definition) is 1. The number of rotatable bonds is 5. The van der Waals surface area contributed by atoms with E-state index < -0.39 is 6.29 Å². The fourth-order valence-electron chi connectivity index (χ4n) is 1.37. The van der Waals surface area contributed by atoms with Gasteiger partial charge >= 0.3 is 0 Å². The third kappa shape index (κ3) is 4.04. The normalized spacial score (nSPS) is 9.58. The molecule has 0 saturated heterocycles. The molecule has 0 saturated carbocycles. The molecule has 0 heterocycles. The van der Waals surface area contributed by atoms with Crippen molar-refractivity contribution in [1.29, 1.82) is 10.5 Å². The van der Waals surface area contributed by atoms with Gasteiger partial charge in [0, 0.05) is 24.3 Å². The molecule has 1 aromatic rings. The zero-order valence-corrected chi connectivity index (χ0v) is 11.9. The van der Waals surface area contributed by atoms with E-state index in [1.54, 1.807) is 30.3 Å². The lowest BCUT2D eigenvalue weighted by Crippen LogP contribution is -2.07. The number of benzene rings is 1. The molecular weight excluding hydrogens is 312 g/mol. The fourth-order valence-corrected chi connectivity index (χ4v) is 1.75.